The van der Waals surface area contributed by atoms with Crippen molar-refractivity contribution in [3.05, 3.63) is 0 Å². The molecule has 1 heterocycles. The number of hydrogen-bond acceptors (Lipinski definition) is 3. The van der Waals surface area contributed by atoms with E-state index in [4.69, 9.17) is 5.73 Å². The quantitative estimate of drug-likeness (QED) is 0.829. The molecule has 0 aromatic rings. The van der Waals surface area contributed by atoms with Crippen LogP contribution < -0.4 is 5.73 Å². The monoisotopic (exact) mass is 253 g/mol. The van der Waals surface area contributed by atoms with Crippen molar-refractivity contribution >= 4 is 0 Å². The number of likely N-dealkylation sites (N-methyl/N-ethyl adjacent to an activating group) is 2. The fourth-order valence-electron chi connectivity index (χ4n) is 3.85. The molecule has 0 radical (unpaired) electrons. The number of rotatable bonds is 4. The highest BCUT2D eigenvalue weighted by atomic mass is 15.2. The lowest BCUT2D eigenvalue weighted by molar-refractivity contribution is 0.0953. The summed E-state index contributed by atoms with van der Waals surface area (Å²) >= 11 is 0. The number of nitrogens with two attached hydrogens (primary N) is 1. The molecule has 1 aliphatic heterocycles. The third-order valence-electron chi connectivity index (χ3n) is 5.11. The molecule has 1 saturated carbocycles. The summed E-state index contributed by atoms with van der Waals surface area (Å²) in [7, 11) is 4.58. The number of piperidine rings is 1. The fourth-order valence-corrected chi connectivity index (χ4v) is 3.85. The molecule has 2 fully saturated rings. The first-order chi connectivity index (χ1) is 8.70. The van der Waals surface area contributed by atoms with E-state index in [0.717, 1.165) is 24.4 Å². The van der Waals surface area contributed by atoms with Gasteiger partial charge in [0.15, 0.2) is 0 Å². The normalized spacial score (nSPS) is 35.0. The Morgan fingerprint density at radius 2 is 1.83 bits per heavy atom. The van der Waals surface area contributed by atoms with Crippen molar-refractivity contribution in [2.24, 2.45) is 17.6 Å². The third-order valence-corrected chi connectivity index (χ3v) is 5.11. The van der Waals surface area contributed by atoms with Crippen LogP contribution in [0.15, 0.2) is 0 Å². The summed E-state index contributed by atoms with van der Waals surface area (Å²) in [6.07, 6.45) is 8.31. The van der Waals surface area contributed by atoms with E-state index in [-0.39, 0.29) is 0 Å². The molecule has 1 aliphatic carbocycles. The largest absolute Gasteiger partial charge is 0.330 e. The molecule has 0 bridgehead atoms. The van der Waals surface area contributed by atoms with Gasteiger partial charge in [0.2, 0.25) is 0 Å². The molecule has 2 rings (SSSR count). The molecule has 106 valence electrons. The molecular formula is C15H31N3. The minimum absolute atomic E-state index is 0.768. The molecule has 3 atom stereocenters. The number of nitrogens with zero attached hydrogens (tertiary/aromatic N) is 2. The minimum atomic E-state index is 0.768. The van der Waals surface area contributed by atoms with Crippen LogP contribution in [0.3, 0.4) is 0 Å². The van der Waals surface area contributed by atoms with Gasteiger partial charge >= 0.3 is 0 Å². The van der Waals surface area contributed by atoms with E-state index in [1.54, 1.807) is 0 Å². The lowest BCUT2D eigenvalue weighted by atomic mass is 9.79. The molecule has 0 aromatic carbocycles. The zero-order valence-electron chi connectivity index (χ0n) is 12.3. The second-order valence-electron chi connectivity index (χ2n) is 6.54. The Kier molecular flexibility index (Phi) is 5.46. The maximum Gasteiger partial charge on any atom is 0.0220 e. The summed E-state index contributed by atoms with van der Waals surface area (Å²) in [5.41, 5.74) is 5.94. The first kappa shape index (κ1) is 14.3. The smallest absolute Gasteiger partial charge is 0.0220 e. The molecule has 0 spiro atoms. The molecule has 0 aromatic heterocycles. The van der Waals surface area contributed by atoms with Gasteiger partial charge in [-0.1, -0.05) is 12.8 Å². The fraction of sp³-hybridized carbons (Fsp3) is 1.00. The van der Waals surface area contributed by atoms with Gasteiger partial charge in [-0.15, -0.1) is 0 Å². The standard InChI is InChI=1S/C15H31N3/c1-17-9-5-8-15(12-17)18(2)11-14-7-4-3-6-13(14)10-16/h13-15H,3-12,16H2,1-2H3. The van der Waals surface area contributed by atoms with Gasteiger partial charge in [-0.05, 0) is 64.7 Å². The Bertz CT molecular complexity index is 244. The van der Waals surface area contributed by atoms with Crippen LogP contribution in [0.4, 0.5) is 0 Å². The van der Waals surface area contributed by atoms with Crippen LogP contribution in [-0.2, 0) is 0 Å². The molecule has 18 heavy (non-hydrogen) atoms. The highest BCUT2D eigenvalue weighted by molar-refractivity contribution is 4.83. The maximum absolute atomic E-state index is 5.94. The molecule has 0 amide bonds. The molecule has 3 nitrogen and oxygen atoms in total. The lowest BCUT2D eigenvalue weighted by Crippen LogP contribution is -2.47. The van der Waals surface area contributed by atoms with E-state index in [0.29, 0.717) is 0 Å². The van der Waals surface area contributed by atoms with Crippen LogP contribution in [0.2, 0.25) is 0 Å². The summed E-state index contributed by atoms with van der Waals surface area (Å²) in [4.78, 5) is 5.10. The van der Waals surface area contributed by atoms with Crippen molar-refractivity contribution in [3.63, 3.8) is 0 Å². The van der Waals surface area contributed by atoms with Crippen molar-refractivity contribution in [2.75, 3.05) is 40.3 Å². The van der Waals surface area contributed by atoms with Crippen LogP contribution in [0.1, 0.15) is 38.5 Å². The summed E-state index contributed by atoms with van der Waals surface area (Å²) in [6.45, 7) is 4.68. The molecular weight excluding hydrogens is 222 g/mol. The minimum Gasteiger partial charge on any atom is -0.330 e. The van der Waals surface area contributed by atoms with E-state index >= 15 is 0 Å². The first-order valence-corrected chi connectivity index (χ1v) is 7.79. The highest BCUT2D eigenvalue weighted by Gasteiger charge is 2.28. The Morgan fingerprint density at radius 1 is 1.11 bits per heavy atom. The van der Waals surface area contributed by atoms with Gasteiger partial charge in [0, 0.05) is 19.1 Å². The zero-order valence-corrected chi connectivity index (χ0v) is 12.3. The van der Waals surface area contributed by atoms with E-state index in [1.165, 1.54) is 58.2 Å². The van der Waals surface area contributed by atoms with Gasteiger partial charge in [-0.2, -0.15) is 0 Å². The van der Waals surface area contributed by atoms with Gasteiger partial charge in [0.05, 0.1) is 0 Å². The third kappa shape index (κ3) is 3.69. The average molecular weight is 253 g/mol. The topological polar surface area (TPSA) is 32.5 Å². The maximum atomic E-state index is 5.94. The van der Waals surface area contributed by atoms with E-state index in [1.807, 2.05) is 0 Å². The number of hydrogen-bond donors (Lipinski definition) is 1. The van der Waals surface area contributed by atoms with Gasteiger partial charge < -0.3 is 15.5 Å². The summed E-state index contributed by atoms with van der Waals surface area (Å²) in [5.74, 6) is 1.63. The SMILES string of the molecule is CN1CCCC(N(C)CC2CCCCC2CN)C1. The molecule has 3 heteroatoms. The average Bonchev–Trinajstić information content (AvgIpc) is 2.39. The van der Waals surface area contributed by atoms with Crippen molar-refractivity contribution in [3.8, 4) is 0 Å². The second kappa shape index (κ2) is 6.88. The van der Waals surface area contributed by atoms with Crippen molar-refractivity contribution in [2.45, 2.75) is 44.6 Å². The van der Waals surface area contributed by atoms with Gasteiger partial charge in [0.25, 0.3) is 0 Å². The molecule has 2 N–H and O–H groups in total. The Balaban J connectivity index is 1.83. The predicted molar refractivity (Wildman–Crippen MR) is 77.7 cm³/mol. The highest BCUT2D eigenvalue weighted by Crippen LogP contribution is 2.30. The van der Waals surface area contributed by atoms with Crippen LogP contribution >= 0.6 is 0 Å². The van der Waals surface area contributed by atoms with Crippen LogP contribution in [0, 0.1) is 11.8 Å². The Morgan fingerprint density at radius 3 is 2.50 bits per heavy atom. The zero-order chi connectivity index (χ0) is 13.0. The van der Waals surface area contributed by atoms with Crippen LogP contribution in [0.5, 0.6) is 0 Å². The molecule has 2 aliphatic rings. The van der Waals surface area contributed by atoms with Gasteiger partial charge in [-0.25, -0.2) is 0 Å². The summed E-state index contributed by atoms with van der Waals surface area (Å²) in [6, 6.07) is 0.768. The second-order valence-corrected chi connectivity index (χ2v) is 6.54. The Hall–Kier alpha value is -0.120. The molecule has 1 saturated heterocycles. The van der Waals surface area contributed by atoms with Gasteiger partial charge in [-0.3, -0.25) is 0 Å². The Labute approximate surface area is 113 Å². The number of likely N-dealkylation sites (tertiary alicyclic amines) is 1. The van der Waals surface area contributed by atoms with E-state index < -0.39 is 0 Å². The van der Waals surface area contributed by atoms with Crippen molar-refractivity contribution in [1.29, 1.82) is 0 Å². The molecule has 3 unspecified atom stereocenters. The van der Waals surface area contributed by atoms with Gasteiger partial charge in [0.1, 0.15) is 0 Å². The van der Waals surface area contributed by atoms with Crippen molar-refractivity contribution < 1.29 is 0 Å². The summed E-state index contributed by atoms with van der Waals surface area (Å²) < 4.78 is 0. The summed E-state index contributed by atoms with van der Waals surface area (Å²) in [5, 5.41) is 0. The lowest BCUT2D eigenvalue weighted by Gasteiger charge is -2.40. The van der Waals surface area contributed by atoms with Crippen LogP contribution in [-0.4, -0.2) is 56.1 Å². The first-order valence-electron chi connectivity index (χ1n) is 7.79. The van der Waals surface area contributed by atoms with E-state index in [2.05, 4.69) is 23.9 Å². The van der Waals surface area contributed by atoms with Crippen LogP contribution in [0.25, 0.3) is 0 Å². The van der Waals surface area contributed by atoms with Crippen molar-refractivity contribution in [1.82, 2.24) is 9.80 Å². The van der Waals surface area contributed by atoms with E-state index in [9.17, 15) is 0 Å². The predicted octanol–water partition coefficient (Wildman–Crippen LogP) is 1.78.